The highest BCUT2D eigenvalue weighted by molar-refractivity contribution is 5.92. The summed E-state index contributed by atoms with van der Waals surface area (Å²) in [6.45, 7) is 2.14. The van der Waals surface area contributed by atoms with Crippen LogP contribution in [-0.4, -0.2) is 25.8 Å². The number of para-hydroxylation sites is 1. The van der Waals surface area contributed by atoms with Crippen LogP contribution in [0.5, 0.6) is 5.75 Å². The Morgan fingerprint density at radius 3 is 2.48 bits per heavy atom. The Labute approximate surface area is 168 Å². The average Bonchev–Trinajstić information content (AvgIpc) is 3.17. The zero-order chi connectivity index (χ0) is 20.2. The molecule has 0 saturated carbocycles. The molecule has 1 heterocycles. The van der Waals surface area contributed by atoms with Gasteiger partial charge in [-0.15, -0.1) is 10.2 Å². The van der Waals surface area contributed by atoms with Crippen LogP contribution in [0.3, 0.4) is 0 Å². The van der Waals surface area contributed by atoms with E-state index in [1.165, 1.54) is 0 Å². The molecular formula is C23H19N3O3. The summed E-state index contributed by atoms with van der Waals surface area (Å²) in [5, 5.41) is 18.3. The first-order valence-electron chi connectivity index (χ1n) is 9.15. The summed E-state index contributed by atoms with van der Waals surface area (Å²) < 4.78 is 7.66. The van der Waals surface area contributed by atoms with Crippen LogP contribution in [0.25, 0.3) is 17.1 Å². The van der Waals surface area contributed by atoms with Gasteiger partial charge in [0.2, 0.25) is 0 Å². The Morgan fingerprint density at radius 2 is 1.72 bits per heavy atom. The minimum absolute atomic E-state index is 0.150. The van der Waals surface area contributed by atoms with Gasteiger partial charge in [-0.3, -0.25) is 4.57 Å². The highest BCUT2D eigenvalue weighted by Gasteiger charge is 2.20. The topological polar surface area (TPSA) is 77.2 Å². The fourth-order valence-corrected chi connectivity index (χ4v) is 3.14. The number of hydrogen-bond acceptors (Lipinski definition) is 4. The van der Waals surface area contributed by atoms with Gasteiger partial charge >= 0.3 is 5.97 Å². The summed E-state index contributed by atoms with van der Waals surface area (Å²) in [5.74, 6) is 0.771. The Morgan fingerprint density at radius 1 is 0.966 bits per heavy atom. The number of ether oxygens (including phenoxy) is 1. The Bertz CT molecular complexity index is 1150. The molecule has 0 fully saturated rings. The summed E-state index contributed by atoms with van der Waals surface area (Å²) in [5.41, 5.74) is 2.58. The van der Waals surface area contributed by atoms with E-state index in [0.717, 1.165) is 11.1 Å². The molecule has 0 unspecified atom stereocenters. The maximum Gasteiger partial charge on any atom is 0.337 e. The standard InChI is InChI=1S/C23H19N3O3/c1-16-8-7-11-18(14-16)29-15-21-24-25-22(17-9-3-2-4-10-17)26(21)20-13-6-5-12-19(20)23(27)28/h2-14H,15H2,1H3,(H,27,28). The van der Waals surface area contributed by atoms with Crippen LogP contribution in [0.2, 0.25) is 0 Å². The molecule has 4 aromatic rings. The lowest BCUT2D eigenvalue weighted by Gasteiger charge is -2.14. The van der Waals surface area contributed by atoms with Gasteiger partial charge in [-0.1, -0.05) is 54.6 Å². The number of aromatic carboxylic acids is 1. The molecule has 29 heavy (non-hydrogen) atoms. The van der Waals surface area contributed by atoms with Crippen LogP contribution in [0, 0.1) is 6.92 Å². The van der Waals surface area contributed by atoms with Gasteiger partial charge in [0.05, 0.1) is 11.3 Å². The average molecular weight is 385 g/mol. The number of aryl methyl sites for hydroxylation is 1. The smallest absolute Gasteiger partial charge is 0.337 e. The number of nitrogens with zero attached hydrogens (tertiary/aromatic N) is 3. The first kappa shape index (κ1) is 18.4. The van der Waals surface area contributed by atoms with Crippen molar-refractivity contribution in [2.75, 3.05) is 0 Å². The lowest BCUT2D eigenvalue weighted by molar-refractivity contribution is 0.0697. The molecule has 0 spiro atoms. The maximum atomic E-state index is 11.8. The van der Waals surface area contributed by atoms with Gasteiger partial charge in [0.25, 0.3) is 0 Å². The van der Waals surface area contributed by atoms with E-state index in [2.05, 4.69) is 10.2 Å². The second-order valence-corrected chi connectivity index (χ2v) is 6.57. The Hall–Kier alpha value is -3.93. The van der Waals surface area contributed by atoms with Crippen LogP contribution < -0.4 is 4.74 Å². The molecule has 0 bridgehead atoms. The SMILES string of the molecule is Cc1cccc(OCc2nnc(-c3ccccc3)n2-c2ccccc2C(=O)O)c1. The van der Waals surface area contributed by atoms with Gasteiger partial charge in [0, 0.05) is 5.56 Å². The van der Waals surface area contributed by atoms with Gasteiger partial charge < -0.3 is 9.84 Å². The van der Waals surface area contributed by atoms with Gasteiger partial charge in [-0.05, 0) is 36.8 Å². The maximum absolute atomic E-state index is 11.8. The summed E-state index contributed by atoms with van der Waals surface area (Å²) in [7, 11) is 0. The van der Waals surface area contributed by atoms with E-state index in [0.29, 0.717) is 23.1 Å². The lowest BCUT2D eigenvalue weighted by atomic mass is 10.1. The predicted molar refractivity (Wildman–Crippen MR) is 109 cm³/mol. The van der Waals surface area contributed by atoms with Gasteiger partial charge in [0.15, 0.2) is 11.6 Å². The number of aromatic nitrogens is 3. The summed E-state index contributed by atoms with van der Waals surface area (Å²) in [6.07, 6.45) is 0. The van der Waals surface area contributed by atoms with Crippen molar-refractivity contribution in [1.82, 2.24) is 14.8 Å². The lowest BCUT2D eigenvalue weighted by Crippen LogP contribution is -2.11. The van der Waals surface area contributed by atoms with Crippen LogP contribution >= 0.6 is 0 Å². The van der Waals surface area contributed by atoms with Gasteiger partial charge in [0.1, 0.15) is 12.4 Å². The van der Waals surface area contributed by atoms with E-state index in [1.807, 2.05) is 61.5 Å². The third-order valence-corrected chi connectivity index (χ3v) is 4.49. The molecule has 4 rings (SSSR count). The molecule has 6 heteroatoms. The van der Waals surface area contributed by atoms with Crippen molar-refractivity contribution in [3.8, 4) is 22.8 Å². The second kappa shape index (κ2) is 7.98. The summed E-state index contributed by atoms with van der Waals surface area (Å²) >= 11 is 0. The van der Waals surface area contributed by atoms with E-state index < -0.39 is 5.97 Å². The number of carboxylic acids is 1. The van der Waals surface area contributed by atoms with Gasteiger partial charge in [-0.25, -0.2) is 4.79 Å². The minimum Gasteiger partial charge on any atom is -0.486 e. The quantitative estimate of drug-likeness (QED) is 0.528. The first-order chi connectivity index (χ1) is 14.1. The molecule has 0 saturated heterocycles. The normalized spacial score (nSPS) is 10.7. The van der Waals surface area contributed by atoms with Crippen molar-refractivity contribution in [3.63, 3.8) is 0 Å². The molecule has 0 aliphatic rings. The minimum atomic E-state index is -1.01. The predicted octanol–water partition coefficient (Wildman–Crippen LogP) is 4.52. The highest BCUT2D eigenvalue weighted by Crippen LogP contribution is 2.26. The Kier molecular flexibility index (Phi) is 5.07. The highest BCUT2D eigenvalue weighted by atomic mass is 16.5. The van der Waals surface area contributed by atoms with E-state index >= 15 is 0 Å². The molecule has 0 atom stereocenters. The molecule has 1 aromatic heterocycles. The molecule has 144 valence electrons. The molecule has 3 aromatic carbocycles. The van der Waals surface area contributed by atoms with Crippen LogP contribution in [0.1, 0.15) is 21.7 Å². The van der Waals surface area contributed by atoms with Crippen LogP contribution in [0.15, 0.2) is 78.9 Å². The number of carbonyl (C=O) groups is 1. The van der Waals surface area contributed by atoms with Crippen molar-refractivity contribution >= 4 is 5.97 Å². The van der Waals surface area contributed by atoms with Crippen molar-refractivity contribution in [2.24, 2.45) is 0 Å². The van der Waals surface area contributed by atoms with E-state index in [1.54, 1.807) is 28.8 Å². The zero-order valence-corrected chi connectivity index (χ0v) is 15.8. The largest absolute Gasteiger partial charge is 0.486 e. The first-order valence-corrected chi connectivity index (χ1v) is 9.15. The van der Waals surface area contributed by atoms with E-state index in [-0.39, 0.29) is 12.2 Å². The van der Waals surface area contributed by atoms with Crippen molar-refractivity contribution in [3.05, 3.63) is 95.8 Å². The number of carboxylic acid groups (broad SMARTS) is 1. The zero-order valence-electron chi connectivity index (χ0n) is 15.8. The molecule has 0 radical (unpaired) electrons. The molecule has 1 N–H and O–H groups in total. The van der Waals surface area contributed by atoms with Crippen LogP contribution in [0.4, 0.5) is 0 Å². The number of hydrogen-bond donors (Lipinski definition) is 1. The van der Waals surface area contributed by atoms with Crippen molar-refractivity contribution in [2.45, 2.75) is 13.5 Å². The third kappa shape index (κ3) is 3.87. The molecule has 0 aliphatic carbocycles. The van der Waals surface area contributed by atoms with E-state index in [4.69, 9.17) is 4.74 Å². The second-order valence-electron chi connectivity index (χ2n) is 6.57. The summed E-state index contributed by atoms with van der Waals surface area (Å²) in [4.78, 5) is 11.8. The monoisotopic (exact) mass is 385 g/mol. The number of rotatable bonds is 6. The van der Waals surface area contributed by atoms with Crippen LogP contribution in [-0.2, 0) is 6.61 Å². The molecule has 0 amide bonds. The van der Waals surface area contributed by atoms with Crippen molar-refractivity contribution in [1.29, 1.82) is 0 Å². The molecule has 6 nitrogen and oxygen atoms in total. The molecule has 0 aliphatic heterocycles. The fraction of sp³-hybridized carbons (Fsp3) is 0.0870. The Balaban J connectivity index is 1.80. The number of benzene rings is 3. The third-order valence-electron chi connectivity index (χ3n) is 4.49. The van der Waals surface area contributed by atoms with E-state index in [9.17, 15) is 9.90 Å². The fourth-order valence-electron chi connectivity index (χ4n) is 3.14. The van der Waals surface area contributed by atoms with Crippen molar-refractivity contribution < 1.29 is 14.6 Å². The summed E-state index contributed by atoms with van der Waals surface area (Å²) in [6, 6.07) is 24.1. The van der Waals surface area contributed by atoms with Gasteiger partial charge in [-0.2, -0.15) is 0 Å². The molecular weight excluding hydrogens is 366 g/mol.